The molecule has 0 radical (unpaired) electrons. The fraction of sp³-hybridized carbons (Fsp3) is 0.529. The van der Waals surface area contributed by atoms with Crippen molar-refractivity contribution in [2.45, 2.75) is 44.8 Å². The number of allylic oxidation sites excluding steroid dienone is 1. The number of nitrogens with zero attached hydrogens (tertiary/aromatic N) is 3. The van der Waals surface area contributed by atoms with Crippen LogP contribution in [-0.4, -0.2) is 19.8 Å². The Morgan fingerprint density at radius 3 is 2.68 bits per heavy atom. The lowest BCUT2D eigenvalue weighted by molar-refractivity contribution is 0.113. The molecule has 0 fully saturated rings. The summed E-state index contributed by atoms with van der Waals surface area (Å²) in [7, 11) is 1.65. The fourth-order valence-electron chi connectivity index (χ4n) is 2.13. The summed E-state index contributed by atoms with van der Waals surface area (Å²) in [5.74, 6) is 0.840. The minimum Gasteiger partial charge on any atom is -0.497 e. The van der Waals surface area contributed by atoms with Gasteiger partial charge in [0.1, 0.15) is 5.75 Å². The lowest BCUT2D eigenvalue weighted by Crippen LogP contribution is -2.08. The largest absolute Gasteiger partial charge is 0.497 e. The second-order valence-corrected chi connectivity index (χ2v) is 5.12. The number of azide groups is 1. The highest BCUT2D eigenvalue weighted by Gasteiger charge is 2.06. The molecule has 1 atom stereocenters. The van der Waals surface area contributed by atoms with E-state index in [1.807, 2.05) is 30.3 Å². The number of hydrogen-bond acceptors (Lipinski definition) is 3. The van der Waals surface area contributed by atoms with E-state index >= 15 is 0 Å². The van der Waals surface area contributed by atoms with Gasteiger partial charge in [0.2, 0.25) is 0 Å². The summed E-state index contributed by atoms with van der Waals surface area (Å²) >= 11 is 0. The average Bonchev–Trinajstić information content (AvgIpc) is 2.56. The lowest BCUT2D eigenvalue weighted by atomic mass is 10.1. The Balaban J connectivity index is 2.23. The van der Waals surface area contributed by atoms with E-state index in [1.54, 1.807) is 7.11 Å². The van der Waals surface area contributed by atoms with Gasteiger partial charge in [-0.3, -0.25) is 0 Å². The first kappa shape index (κ1) is 18.1. The SMILES string of the molecule is C=CCCCC[C@H](CCOCc1ccc(OC)cc1)N=[N+]=[N-]. The molecule has 0 amide bonds. The maximum absolute atomic E-state index is 8.61. The van der Waals surface area contributed by atoms with E-state index in [0.29, 0.717) is 13.2 Å². The fourth-order valence-corrected chi connectivity index (χ4v) is 2.13. The number of rotatable bonds is 12. The molecular formula is C17H25N3O2. The lowest BCUT2D eigenvalue weighted by Gasteiger charge is -2.11. The molecule has 0 saturated carbocycles. The van der Waals surface area contributed by atoms with Crippen molar-refractivity contribution in [1.82, 2.24) is 0 Å². The molecule has 1 aromatic carbocycles. The highest BCUT2D eigenvalue weighted by atomic mass is 16.5. The van der Waals surface area contributed by atoms with Crippen LogP contribution in [0.5, 0.6) is 5.75 Å². The van der Waals surface area contributed by atoms with Crippen LogP contribution >= 0.6 is 0 Å². The molecule has 0 spiro atoms. The molecule has 0 aromatic heterocycles. The Labute approximate surface area is 132 Å². The van der Waals surface area contributed by atoms with Gasteiger partial charge in [-0.1, -0.05) is 29.7 Å². The minimum atomic E-state index is 0.0192. The maximum Gasteiger partial charge on any atom is 0.118 e. The molecule has 0 aliphatic rings. The van der Waals surface area contributed by atoms with Gasteiger partial charge in [0.15, 0.2) is 0 Å². The Morgan fingerprint density at radius 2 is 2.05 bits per heavy atom. The second kappa shape index (κ2) is 11.7. The molecule has 0 aliphatic heterocycles. The average molecular weight is 303 g/mol. The van der Waals surface area contributed by atoms with Crippen LogP contribution in [0.25, 0.3) is 10.4 Å². The molecule has 5 nitrogen and oxygen atoms in total. The van der Waals surface area contributed by atoms with Crippen molar-refractivity contribution in [3.8, 4) is 5.75 Å². The number of hydrogen-bond donors (Lipinski definition) is 0. The predicted octanol–water partition coefficient (Wildman–Crippen LogP) is 5.03. The zero-order valence-electron chi connectivity index (χ0n) is 13.3. The standard InChI is InChI=1S/C17H25N3O2/c1-3-4-5-6-7-16(19-20-18)12-13-22-14-15-8-10-17(21-2)11-9-15/h3,8-11,16H,1,4-7,12-14H2,2H3/t16-/m1/s1. The van der Waals surface area contributed by atoms with Crippen LogP contribution in [0.1, 0.15) is 37.7 Å². The molecular weight excluding hydrogens is 278 g/mol. The normalized spacial score (nSPS) is 11.5. The Bertz CT molecular complexity index is 467. The van der Waals surface area contributed by atoms with Crippen molar-refractivity contribution in [3.63, 3.8) is 0 Å². The second-order valence-electron chi connectivity index (χ2n) is 5.12. The van der Waals surface area contributed by atoms with Gasteiger partial charge in [-0.15, -0.1) is 6.58 Å². The van der Waals surface area contributed by atoms with Gasteiger partial charge in [0.25, 0.3) is 0 Å². The minimum absolute atomic E-state index is 0.0192. The van der Waals surface area contributed by atoms with Gasteiger partial charge in [0.05, 0.1) is 13.7 Å². The van der Waals surface area contributed by atoms with Crippen molar-refractivity contribution in [3.05, 3.63) is 52.9 Å². The summed E-state index contributed by atoms with van der Waals surface area (Å²) in [5, 5.41) is 3.85. The van der Waals surface area contributed by atoms with Gasteiger partial charge in [-0.05, 0) is 48.9 Å². The molecule has 0 saturated heterocycles. The van der Waals surface area contributed by atoms with Gasteiger partial charge < -0.3 is 9.47 Å². The molecule has 22 heavy (non-hydrogen) atoms. The van der Waals surface area contributed by atoms with Crippen LogP contribution in [0.2, 0.25) is 0 Å². The monoisotopic (exact) mass is 303 g/mol. The van der Waals surface area contributed by atoms with E-state index in [1.165, 1.54) is 0 Å². The summed E-state index contributed by atoms with van der Waals surface area (Å²) in [6.07, 6.45) is 6.73. The van der Waals surface area contributed by atoms with Crippen LogP contribution in [-0.2, 0) is 11.3 Å². The molecule has 0 heterocycles. The maximum atomic E-state index is 8.61. The van der Waals surface area contributed by atoms with Crippen LogP contribution in [0.3, 0.4) is 0 Å². The van der Waals surface area contributed by atoms with Gasteiger partial charge in [-0.2, -0.15) is 0 Å². The molecule has 1 aromatic rings. The molecule has 1 rings (SSSR count). The molecule has 5 heteroatoms. The Kier molecular flexibility index (Phi) is 9.59. The highest BCUT2D eigenvalue weighted by molar-refractivity contribution is 5.26. The third kappa shape index (κ3) is 7.72. The zero-order valence-corrected chi connectivity index (χ0v) is 13.3. The quantitative estimate of drug-likeness (QED) is 0.179. The summed E-state index contributed by atoms with van der Waals surface area (Å²) < 4.78 is 10.8. The molecule has 0 aliphatic carbocycles. The van der Waals surface area contributed by atoms with Crippen molar-refractivity contribution in [1.29, 1.82) is 0 Å². The van der Waals surface area contributed by atoms with E-state index in [-0.39, 0.29) is 6.04 Å². The Hall–Kier alpha value is -1.97. The van der Waals surface area contributed by atoms with Crippen molar-refractivity contribution >= 4 is 0 Å². The van der Waals surface area contributed by atoms with Crippen LogP contribution in [0.15, 0.2) is 42.0 Å². The summed E-state index contributed by atoms with van der Waals surface area (Å²) in [5.41, 5.74) is 9.72. The van der Waals surface area contributed by atoms with E-state index in [0.717, 1.165) is 43.4 Å². The highest BCUT2D eigenvalue weighted by Crippen LogP contribution is 2.14. The molecule has 120 valence electrons. The van der Waals surface area contributed by atoms with Crippen molar-refractivity contribution in [2.75, 3.05) is 13.7 Å². The number of methoxy groups -OCH3 is 1. The van der Waals surface area contributed by atoms with Crippen LogP contribution in [0.4, 0.5) is 0 Å². The van der Waals surface area contributed by atoms with Gasteiger partial charge >= 0.3 is 0 Å². The van der Waals surface area contributed by atoms with Crippen molar-refractivity contribution in [2.24, 2.45) is 5.11 Å². The third-order valence-electron chi connectivity index (χ3n) is 3.43. The molecule has 0 N–H and O–H groups in total. The van der Waals surface area contributed by atoms with Crippen LogP contribution < -0.4 is 4.74 Å². The summed E-state index contributed by atoms with van der Waals surface area (Å²) in [4.78, 5) is 2.93. The zero-order chi connectivity index (χ0) is 16.0. The summed E-state index contributed by atoms with van der Waals surface area (Å²) in [6, 6.07) is 7.82. The smallest absolute Gasteiger partial charge is 0.118 e. The van der Waals surface area contributed by atoms with Crippen LogP contribution in [0, 0.1) is 0 Å². The predicted molar refractivity (Wildman–Crippen MR) is 88.9 cm³/mol. The summed E-state index contributed by atoms with van der Waals surface area (Å²) in [6.45, 7) is 4.86. The number of ether oxygens (including phenoxy) is 2. The van der Waals surface area contributed by atoms with E-state index in [9.17, 15) is 0 Å². The van der Waals surface area contributed by atoms with Gasteiger partial charge in [-0.25, -0.2) is 0 Å². The Morgan fingerprint density at radius 1 is 1.27 bits per heavy atom. The van der Waals surface area contributed by atoms with E-state index in [4.69, 9.17) is 15.0 Å². The number of benzene rings is 1. The molecule has 0 unspecified atom stereocenters. The topological polar surface area (TPSA) is 67.2 Å². The molecule has 0 bridgehead atoms. The third-order valence-corrected chi connectivity index (χ3v) is 3.43. The first-order valence-electron chi connectivity index (χ1n) is 7.66. The number of unbranched alkanes of at least 4 members (excludes halogenated alkanes) is 2. The van der Waals surface area contributed by atoms with Crippen molar-refractivity contribution < 1.29 is 9.47 Å². The van der Waals surface area contributed by atoms with E-state index in [2.05, 4.69) is 16.6 Å². The van der Waals surface area contributed by atoms with E-state index < -0.39 is 0 Å². The first-order valence-corrected chi connectivity index (χ1v) is 7.66. The first-order chi connectivity index (χ1) is 10.8. The van der Waals surface area contributed by atoms with Gasteiger partial charge in [0, 0.05) is 17.6 Å².